The van der Waals surface area contributed by atoms with Crippen LogP contribution in [0, 0.1) is 0 Å². The first-order chi connectivity index (χ1) is 8.36. The summed E-state index contributed by atoms with van der Waals surface area (Å²) >= 11 is 0. The van der Waals surface area contributed by atoms with Gasteiger partial charge in [-0.1, -0.05) is 0 Å². The Morgan fingerprint density at radius 3 is 2.17 bits per heavy atom. The quantitative estimate of drug-likeness (QED) is 0.207. The summed E-state index contributed by atoms with van der Waals surface area (Å²) in [7, 11) is 0. The summed E-state index contributed by atoms with van der Waals surface area (Å²) in [6, 6.07) is 0. The van der Waals surface area contributed by atoms with Gasteiger partial charge < -0.3 is 21.1 Å². The van der Waals surface area contributed by atoms with Gasteiger partial charge in [0, 0.05) is 0 Å². The summed E-state index contributed by atoms with van der Waals surface area (Å²) in [6.45, 7) is -0.837. The SMILES string of the molecule is NC(=O)OOC(=O)OOC(=O)NC(O)C(O)CO. The Hall–Kier alpha value is -2.31. The number of amides is 2. The molecule has 0 spiro atoms. The second-order valence-corrected chi connectivity index (χ2v) is 2.53. The Labute approximate surface area is 98.6 Å². The van der Waals surface area contributed by atoms with Crippen LogP contribution in [0.3, 0.4) is 0 Å². The van der Waals surface area contributed by atoms with Crippen LogP contribution < -0.4 is 11.1 Å². The van der Waals surface area contributed by atoms with Crippen molar-refractivity contribution in [2.75, 3.05) is 6.61 Å². The van der Waals surface area contributed by atoms with Gasteiger partial charge in [-0.05, 0) is 0 Å². The highest BCUT2D eigenvalue weighted by Crippen LogP contribution is 1.92. The van der Waals surface area contributed by atoms with E-state index in [4.69, 9.17) is 15.3 Å². The Morgan fingerprint density at radius 1 is 1.11 bits per heavy atom. The number of carbonyl (C=O) groups is 3. The predicted molar refractivity (Wildman–Crippen MR) is 47.0 cm³/mol. The molecule has 0 rings (SSSR count). The van der Waals surface area contributed by atoms with Gasteiger partial charge in [-0.25, -0.2) is 19.4 Å². The van der Waals surface area contributed by atoms with Crippen LogP contribution in [0.25, 0.3) is 0 Å². The molecule has 0 aliphatic carbocycles. The molecule has 2 amide bonds. The van der Waals surface area contributed by atoms with Crippen LogP contribution in [0.1, 0.15) is 0 Å². The van der Waals surface area contributed by atoms with Crippen LogP contribution in [-0.2, 0) is 19.6 Å². The minimum Gasteiger partial charge on any atom is -0.394 e. The summed E-state index contributed by atoms with van der Waals surface area (Å²) < 4.78 is 0. The zero-order chi connectivity index (χ0) is 14.1. The standard InChI is InChI=1S/C6H10N2O10/c7-4(12)15-17-6(14)18-16-5(13)8-3(11)2(10)1-9/h2-3,9-11H,1H2,(H2,7,12)(H,8,13). The van der Waals surface area contributed by atoms with Crippen molar-refractivity contribution in [1.29, 1.82) is 0 Å². The fourth-order valence-electron chi connectivity index (χ4n) is 0.502. The zero-order valence-electron chi connectivity index (χ0n) is 8.64. The summed E-state index contributed by atoms with van der Waals surface area (Å²) in [5.74, 6) is 0. The van der Waals surface area contributed by atoms with E-state index in [0.29, 0.717) is 0 Å². The van der Waals surface area contributed by atoms with Gasteiger partial charge in [-0.2, -0.15) is 14.6 Å². The first-order valence-electron chi connectivity index (χ1n) is 4.16. The van der Waals surface area contributed by atoms with Crippen molar-refractivity contribution in [3.8, 4) is 0 Å². The highest BCUT2D eigenvalue weighted by atomic mass is 17.3. The summed E-state index contributed by atoms with van der Waals surface area (Å²) in [4.78, 5) is 45.6. The van der Waals surface area contributed by atoms with Crippen molar-refractivity contribution in [2.45, 2.75) is 12.3 Å². The van der Waals surface area contributed by atoms with Gasteiger partial charge in [0.15, 0.2) is 6.23 Å². The number of aliphatic hydroxyl groups is 3. The van der Waals surface area contributed by atoms with Gasteiger partial charge in [0.1, 0.15) is 6.10 Å². The number of rotatable bonds is 3. The predicted octanol–water partition coefficient (Wildman–Crippen LogP) is -2.54. The van der Waals surface area contributed by atoms with E-state index in [1.54, 1.807) is 5.32 Å². The minimum absolute atomic E-state index is 0.837. The second kappa shape index (κ2) is 7.88. The molecule has 18 heavy (non-hydrogen) atoms. The molecule has 0 heterocycles. The monoisotopic (exact) mass is 270 g/mol. The molecule has 0 radical (unpaired) electrons. The average Bonchev–Trinajstić information content (AvgIpc) is 2.32. The fourth-order valence-corrected chi connectivity index (χ4v) is 0.502. The fraction of sp³-hybridized carbons (Fsp3) is 0.500. The summed E-state index contributed by atoms with van der Waals surface area (Å²) in [5, 5.41) is 27.7. The maximum Gasteiger partial charge on any atom is 0.592 e. The van der Waals surface area contributed by atoms with Crippen molar-refractivity contribution in [1.82, 2.24) is 5.32 Å². The third-order valence-electron chi connectivity index (χ3n) is 1.19. The molecule has 0 aliphatic rings. The van der Waals surface area contributed by atoms with E-state index >= 15 is 0 Å². The molecule has 2 unspecified atom stereocenters. The molecule has 0 fully saturated rings. The highest BCUT2D eigenvalue weighted by Gasteiger charge is 2.20. The maximum absolute atomic E-state index is 10.8. The topological polar surface area (TPSA) is 187 Å². The molecule has 0 saturated carbocycles. The first kappa shape index (κ1) is 15.7. The number of aliphatic hydroxyl groups excluding tert-OH is 3. The van der Waals surface area contributed by atoms with E-state index in [1.807, 2.05) is 0 Å². The molecule has 0 saturated heterocycles. The van der Waals surface area contributed by atoms with E-state index in [2.05, 4.69) is 25.3 Å². The van der Waals surface area contributed by atoms with Crippen LogP contribution in [0.2, 0.25) is 0 Å². The molecule has 6 N–H and O–H groups in total. The number of hydrogen-bond acceptors (Lipinski definition) is 10. The largest absolute Gasteiger partial charge is 0.592 e. The van der Waals surface area contributed by atoms with Gasteiger partial charge in [0.2, 0.25) is 0 Å². The van der Waals surface area contributed by atoms with E-state index < -0.39 is 37.3 Å². The average molecular weight is 270 g/mol. The Kier molecular flexibility index (Phi) is 6.87. The van der Waals surface area contributed by atoms with Crippen molar-refractivity contribution < 1.29 is 49.3 Å². The number of nitrogens with two attached hydrogens (primary N) is 1. The van der Waals surface area contributed by atoms with Crippen molar-refractivity contribution >= 4 is 18.3 Å². The third-order valence-corrected chi connectivity index (χ3v) is 1.19. The molecule has 0 aromatic heterocycles. The van der Waals surface area contributed by atoms with Gasteiger partial charge in [0.25, 0.3) is 0 Å². The normalized spacial score (nSPS) is 12.8. The van der Waals surface area contributed by atoms with Gasteiger partial charge in [-0.15, -0.1) is 0 Å². The maximum atomic E-state index is 10.8. The lowest BCUT2D eigenvalue weighted by molar-refractivity contribution is -0.265. The van der Waals surface area contributed by atoms with Gasteiger partial charge in [-0.3, -0.25) is 5.32 Å². The summed E-state index contributed by atoms with van der Waals surface area (Å²) in [6.07, 6.45) is -8.20. The zero-order valence-corrected chi connectivity index (χ0v) is 8.64. The first-order valence-corrected chi connectivity index (χ1v) is 4.16. The van der Waals surface area contributed by atoms with Crippen LogP contribution in [-0.4, -0.2) is 52.6 Å². The molecule has 0 aromatic carbocycles. The van der Waals surface area contributed by atoms with Crippen LogP contribution in [0.4, 0.5) is 14.4 Å². The smallest absolute Gasteiger partial charge is 0.394 e. The molecule has 2 atom stereocenters. The van der Waals surface area contributed by atoms with Gasteiger partial charge >= 0.3 is 18.3 Å². The molecule has 12 heteroatoms. The number of carbonyl (C=O) groups excluding carboxylic acids is 3. The van der Waals surface area contributed by atoms with E-state index in [0.717, 1.165) is 0 Å². The number of nitrogens with one attached hydrogen (secondary N) is 1. The van der Waals surface area contributed by atoms with Crippen LogP contribution >= 0.6 is 0 Å². The van der Waals surface area contributed by atoms with E-state index in [-0.39, 0.29) is 0 Å². The molecular weight excluding hydrogens is 260 g/mol. The van der Waals surface area contributed by atoms with Crippen molar-refractivity contribution in [3.63, 3.8) is 0 Å². The van der Waals surface area contributed by atoms with Crippen molar-refractivity contribution in [2.24, 2.45) is 5.73 Å². The Bertz CT molecular complexity index is 307. The lowest BCUT2D eigenvalue weighted by atomic mass is 10.3. The molecular formula is C6H10N2O10. The molecule has 0 aliphatic heterocycles. The van der Waals surface area contributed by atoms with E-state index in [1.165, 1.54) is 0 Å². The van der Waals surface area contributed by atoms with E-state index in [9.17, 15) is 14.4 Å². The van der Waals surface area contributed by atoms with Crippen molar-refractivity contribution in [3.05, 3.63) is 0 Å². The molecule has 0 bridgehead atoms. The van der Waals surface area contributed by atoms with Crippen LogP contribution in [0.5, 0.6) is 0 Å². The minimum atomic E-state index is -1.86. The number of primary amides is 1. The highest BCUT2D eigenvalue weighted by molar-refractivity contribution is 5.69. The second-order valence-electron chi connectivity index (χ2n) is 2.53. The molecule has 104 valence electrons. The number of hydrogen-bond donors (Lipinski definition) is 5. The molecule has 12 nitrogen and oxygen atoms in total. The lowest BCUT2D eigenvalue weighted by Crippen LogP contribution is -2.45. The Balaban J connectivity index is 3.82. The lowest BCUT2D eigenvalue weighted by Gasteiger charge is -2.15. The third kappa shape index (κ3) is 7.04. The van der Waals surface area contributed by atoms with Gasteiger partial charge in [0.05, 0.1) is 6.61 Å². The Morgan fingerprint density at radius 2 is 1.67 bits per heavy atom. The molecule has 0 aromatic rings. The van der Waals surface area contributed by atoms with Crippen LogP contribution in [0.15, 0.2) is 0 Å². The summed E-state index contributed by atoms with van der Waals surface area (Å²) in [5.41, 5.74) is 4.41.